The number of hydrogen-bond donors (Lipinski definition) is 1. The van der Waals surface area contributed by atoms with Crippen LogP contribution in [0, 0.1) is 30.9 Å². The molecular weight excluding hydrogens is 332 g/mol. The number of carbonyl (C=O) groups excluding carboxylic acids is 1. The minimum atomic E-state index is -0.490. The van der Waals surface area contributed by atoms with Crippen molar-refractivity contribution in [1.29, 1.82) is 0 Å². The van der Waals surface area contributed by atoms with Gasteiger partial charge in [-0.15, -0.1) is 0 Å². The van der Waals surface area contributed by atoms with E-state index in [0.29, 0.717) is 11.3 Å². The average Bonchev–Trinajstić information content (AvgIpc) is 2.93. The zero-order valence-corrected chi connectivity index (χ0v) is 14.7. The molecule has 0 aliphatic heterocycles. The van der Waals surface area contributed by atoms with E-state index in [1.54, 1.807) is 29.8 Å². The van der Waals surface area contributed by atoms with Crippen molar-refractivity contribution in [1.82, 2.24) is 9.78 Å². The molecule has 1 heterocycles. The number of aromatic nitrogens is 2. The fourth-order valence-electron chi connectivity index (χ4n) is 2.78. The first-order valence-corrected chi connectivity index (χ1v) is 8.06. The van der Waals surface area contributed by atoms with Gasteiger partial charge in [-0.2, -0.15) is 5.10 Å². The quantitative estimate of drug-likeness (QED) is 0.570. The highest BCUT2D eigenvalue weighted by molar-refractivity contribution is 6.05. The molecule has 2 aromatic carbocycles. The first kappa shape index (κ1) is 17.3. The standard InChI is InChI=1S/C19H18N4O3/c1-12-8-9-15(11-18(12)23(25)26)19(24)20-16-6-4-5-7-17(16)22-14(3)10-13(2)21-22/h4-11H,1-3H3,(H,20,24). The van der Waals surface area contributed by atoms with Gasteiger partial charge in [-0.3, -0.25) is 14.9 Å². The van der Waals surface area contributed by atoms with E-state index in [9.17, 15) is 14.9 Å². The van der Waals surface area contributed by atoms with E-state index >= 15 is 0 Å². The second-order valence-electron chi connectivity index (χ2n) is 6.07. The van der Waals surface area contributed by atoms with Crippen molar-refractivity contribution >= 4 is 17.3 Å². The lowest BCUT2D eigenvalue weighted by atomic mass is 10.1. The summed E-state index contributed by atoms with van der Waals surface area (Å²) >= 11 is 0. The average molecular weight is 350 g/mol. The van der Waals surface area contributed by atoms with E-state index in [2.05, 4.69) is 10.4 Å². The number of rotatable bonds is 4. The highest BCUT2D eigenvalue weighted by Gasteiger charge is 2.17. The van der Waals surface area contributed by atoms with Crippen LogP contribution in [0.25, 0.3) is 5.69 Å². The molecule has 0 atom stereocenters. The predicted molar refractivity (Wildman–Crippen MR) is 98.8 cm³/mol. The molecule has 26 heavy (non-hydrogen) atoms. The van der Waals surface area contributed by atoms with Crippen LogP contribution in [0.5, 0.6) is 0 Å². The topological polar surface area (TPSA) is 90.1 Å². The predicted octanol–water partition coefficient (Wildman–Crippen LogP) is 3.96. The molecular formula is C19H18N4O3. The molecule has 3 aromatic rings. The molecule has 0 saturated heterocycles. The molecule has 0 unspecified atom stereocenters. The molecule has 1 N–H and O–H groups in total. The lowest BCUT2D eigenvalue weighted by Gasteiger charge is -2.12. The van der Waals surface area contributed by atoms with Crippen molar-refractivity contribution in [2.24, 2.45) is 0 Å². The Bertz CT molecular complexity index is 1010. The second-order valence-corrected chi connectivity index (χ2v) is 6.07. The molecule has 0 aliphatic carbocycles. The van der Waals surface area contributed by atoms with Crippen molar-refractivity contribution in [2.75, 3.05) is 5.32 Å². The number of nitrogens with one attached hydrogen (secondary N) is 1. The molecule has 0 aliphatic rings. The SMILES string of the molecule is Cc1cc(C)n(-c2ccccc2NC(=O)c2ccc(C)c([N+](=O)[O-])c2)n1. The highest BCUT2D eigenvalue weighted by Crippen LogP contribution is 2.24. The van der Waals surface area contributed by atoms with Crippen molar-refractivity contribution < 1.29 is 9.72 Å². The summed E-state index contributed by atoms with van der Waals surface area (Å²) in [6.45, 7) is 5.47. The van der Waals surface area contributed by atoms with Crippen LogP contribution in [0.4, 0.5) is 11.4 Å². The normalized spacial score (nSPS) is 10.6. The number of carbonyl (C=O) groups is 1. The Morgan fingerprint density at radius 2 is 1.85 bits per heavy atom. The summed E-state index contributed by atoms with van der Waals surface area (Å²) in [5.74, 6) is -0.415. The Labute approximate surface area is 150 Å². The van der Waals surface area contributed by atoms with E-state index in [4.69, 9.17) is 0 Å². The maximum absolute atomic E-state index is 12.6. The zero-order chi connectivity index (χ0) is 18.8. The van der Waals surface area contributed by atoms with Crippen molar-refractivity contribution in [3.63, 3.8) is 0 Å². The number of benzene rings is 2. The monoisotopic (exact) mass is 350 g/mol. The summed E-state index contributed by atoms with van der Waals surface area (Å²) in [5.41, 5.74) is 3.78. The number of para-hydroxylation sites is 2. The maximum Gasteiger partial charge on any atom is 0.273 e. The molecule has 0 spiro atoms. The first-order valence-electron chi connectivity index (χ1n) is 8.06. The van der Waals surface area contributed by atoms with Gasteiger partial charge in [-0.05, 0) is 45.0 Å². The minimum Gasteiger partial charge on any atom is -0.320 e. The summed E-state index contributed by atoms with van der Waals surface area (Å²) in [6, 6.07) is 13.7. The zero-order valence-electron chi connectivity index (χ0n) is 14.7. The smallest absolute Gasteiger partial charge is 0.273 e. The highest BCUT2D eigenvalue weighted by atomic mass is 16.6. The van der Waals surface area contributed by atoms with E-state index in [-0.39, 0.29) is 11.3 Å². The lowest BCUT2D eigenvalue weighted by Crippen LogP contribution is -2.15. The van der Waals surface area contributed by atoms with E-state index in [1.807, 2.05) is 38.1 Å². The third-order valence-corrected chi connectivity index (χ3v) is 4.06. The first-order chi connectivity index (χ1) is 12.4. The molecule has 3 rings (SSSR count). The van der Waals surface area contributed by atoms with Crippen molar-refractivity contribution in [2.45, 2.75) is 20.8 Å². The van der Waals surface area contributed by atoms with Gasteiger partial charge in [-0.1, -0.05) is 18.2 Å². The number of nitro benzene ring substituents is 1. The van der Waals surface area contributed by atoms with Gasteiger partial charge in [-0.25, -0.2) is 4.68 Å². The van der Waals surface area contributed by atoms with Crippen LogP contribution in [0.15, 0.2) is 48.5 Å². The molecule has 0 radical (unpaired) electrons. The van der Waals surface area contributed by atoms with Gasteiger partial charge in [0.2, 0.25) is 0 Å². The number of amides is 1. The van der Waals surface area contributed by atoms with Gasteiger partial charge in [0, 0.05) is 22.9 Å². The number of nitrogens with zero attached hydrogens (tertiary/aromatic N) is 3. The molecule has 1 amide bonds. The van der Waals surface area contributed by atoms with Gasteiger partial charge < -0.3 is 5.32 Å². The number of aryl methyl sites for hydroxylation is 3. The Morgan fingerprint density at radius 1 is 1.12 bits per heavy atom. The molecule has 7 heteroatoms. The van der Waals surface area contributed by atoms with Crippen molar-refractivity contribution in [3.8, 4) is 5.69 Å². The van der Waals surface area contributed by atoms with E-state index in [1.165, 1.54) is 6.07 Å². The van der Waals surface area contributed by atoms with Crippen molar-refractivity contribution in [3.05, 3.63) is 81.2 Å². The van der Waals surface area contributed by atoms with Crippen LogP contribution in [0.2, 0.25) is 0 Å². The lowest BCUT2D eigenvalue weighted by molar-refractivity contribution is -0.385. The third kappa shape index (κ3) is 3.32. The van der Waals surface area contributed by atoms with Crippen LogP contribution in [-0.2, 0) is 0 Å². The largest absolute Gasteiger partial charge is 0.320 e. The number of hydrogen-bond acceptors (Lipinski definition) is 4. The minimum absolute atomic E-state index is 0.0792. The fourth-order valence-corrected chi connectivity index (χ4v) is 2.78. The van der Waals surface area contributed by atoms with Gasteiger partial charge in [0.1, 0.15) is 0 Å². The summed E-state index contributed by atoms with van der Waals surface area (Å²) in [5, 5.41) is 18.4. The Balaban J connectivity index is 1.95. The Hall–Kier alpha value is -3.48. The van der Waals surface area contributed by atoms with Gasteiger partial charge in [0.25, 0.3) is 11.6 Å². The molecule has 132 valence electrons. The van der Waals surface area contributed by atoms with Crippen LogP contribution >= 0.6 is 0 Å². The molecule has 0 fully saturated rings. The Kier molecular flexibility index (Phi) is 4.53. The number of nitro groups is 1. The van der Waals surface area contributed by atoms with Crippen LogP contribution in [0.1, 0.15) is 27.3 Å². The molecule has 7 nitrogen and oxygen atoms in total. The van der Waals surface area contributed by atoms with Gasteiger partial charge in [0.15, 0.2) is 0 Å². The van der Waals surface area contributed by atoms with Crippen LogP contribution in [0.3, 0.4) is 0 Å². The van der Waals surface area contributed by atoms with E-state index < -0.39 is 10.8 Å². The molecule has 1 aromatic heterocycles. The summed E-state index contributed by atoms with van der Waals surface area (Å²) < 4.78 is 1.75. The summed E-state index contributed by atoms with van der Waals surface area (Å²) in [6.07, 6.45) is 0. The van der Waals surface area contributed by atoms with Gasteiger partial charge >= 0.3 is 0 Å². The van der Waals surface area contributed by atoms with E-state index in [0.717, 1.165) is 17.1 Å². The molecule has 0 bridgehead atoms. The van der Waals surface area contributed by atoms with Gasteiger partial charge in [0.05, 0.1) is 22.0 Å². The number of anilines is 1. The van der Waals surface area contributed by atoms with Crippen LogP contribution in [-0.4, -0.2) is 20.6 Å². The summed E-state index contributed by atoms with van der Waals surface area (Å²) in [7, 11) is 0. The summed E-state index contributed by atoms with van der Waals surface area (Å²) in [4.78, 5) is 23.2. The second kappa shape index (κ2) is 6.79. The molecule has 0 saturated carbocycles. The third-order valence-electron chi connectivity index (χ3n) is 4.06. The fraction of sp³-hybridized carbons (Fsp3) is 0.158. The maximum atomic E-state index is 12.6. The van der Waals surface area contributed by atoms with Crippen LogP contribution < -0.4 is 5.32 Å². The Morgan fingerprint density at radius 3 is 2.50 bits per heavy atom.